The molecule has 3 nitrogen and oxygen atoms in total. The molecule has 0 aromatic rings. The minimum absolute atomic E-state index is 0. The quantitative estimate of drug-likeness (QED) is 0.337. The van der Waals surface area contributed by atoms with Gasteiger partial charge in [0, 0.05) is 26.5 Å². The number of hydrogen-bond acceptors (Lipinski definition) is 3. The molecule has 0 heterocycles. The molecule has 0 amide bonds. The first kappa shape index (κ1) is 22.7. The van der Waals surface area contributed by atoms with Crippen molar-refractivity contribution in [1.82, 2.24) is 0 Å². The van der Waals surface area contributed by atoms with Crippen LogP contribution in [0.3, 0.4) is 0 Å². The molecule has 0 aliphatic heterocycles. The molecule has 0 saturated carbocycles. The normalized spacial score (nSPS) is 3.43. The van der Waals surface area contributed by atoms with Gasteiger partial charge in [0.25, 0.3) is 0 Å². The van der Waals surface area contributed by atoms with Crippen molar-refractivity contribution < 1.29 is 45.0 Å². The fourth-order valence-corrected chi connectivity index (χ4v) is 0. The Morgan fingerprint density at radius 2 is 1.43 bits per heavy atom. The largest absolute Gasteiger partial charge is 2.00 e. The average molecular weight is 167 g/mol. The summed E-state index contributed by atoms with van der Waals surface area (Å²) in [6.07, 6.45) is 0. The smallest absolute Gasteiger partial charge is 1.00 e. The zero-order valence-electron chi connectivity index (χ0n) is 5.01. The van der Waals surface area contributed by atoms with Crippen LogP contribution in [0.25, 0.3) is 0 Å². The second-order valence-electron chi connectivity index (χ2n) is 0.250. The van der Waals surface area contributed by atoms with Crippen molar-refractivity contribution in [1.29, 1.82) is 0 Å². The van der Waals surface area contributed by atoms with Gasteiger partial charge < -0.3 is 15.5 Å². The first-order valence-electron chi connectivity index (χ1n) is 0.612. The number of hydrogen-bond donors (Lipinski definition) is 0. The van der Waals surface area contributed by atoms with Crippen LogP contribution in [0.4, 0.5) is 0 Å². The molecule has 0 aliphatic rings. The third kappa shape index (κ3) is 59.5. The second-order valence-corrected chi connectivity index (χ2v) is 0.750. The Bertz CT molecular complexity index is 42.3. The van der Waals surface area contributed by atoms with E-state index in [1.165, 1.54) is 0 Å². The molecule has 7 heteroatoms. The van der Waals surface area contributed by atoms with E-state index in [-0.39, 0.29) is 86.1 Å². The average Bonchev–Trinajstić information content (AvgIpc) is 0.811. The van der Waals surface area contributed by atoms with Crippen LogP contribution in [0, 0.1) is 0 Å². The van der Waals surface area contributed by atoms with Gasteiger partial charge in [0.15, 0.2) is 0 Å². The van der Waals surface area contributed by atoms with Crippen LogP contribution in [0.15, 0.2) is 0 Å². The summed E-state index contributed by atoms with van der Waals surface area (Å²) in [4.78, 5) is 17.0. The van der Waals surface area contributed by atoms with Crippen LogP contribution >= 0.6 is 0 Å². The molecule has 3 radical (unpaired) electrons. The molecule has 0 aromatic heterocycles. The van der Waals surface area contributed by atoms with Crippen molar-refractivity contribution in [2.75, 3.05) is 0 Å². The minimum atomic E-state index is -3.63. The van der Waals surface area contributed by atoms with E-state index in [9.17, 15) is 0 Å². The van der Waals surface area contributed by atoms with Crippen LogP contribution in [-0.2, 0) is 4.46 Å². The van der Waals surface area contributed by atoms with Gasteiger partial charge in [-0.15, -0.1) is 0 Å². The maximum absolute atomic E-state index is 8.52. The summed E-state index contributed by atoms with van der Waals surface area (Å²) in [5, 5.41) is 0. The van der Waals surface area contributed by atoms with Gasteiger partial charge in [-0.25, -0.2) is 0 Å². The van der Waals surface area contributed by atoms with Crippen LogP contribution in [0.5, 0.6) is 0 Å². The van der Waals surface area contributed by atoms with E-state index in [4.69, 9.17) is 14.1 Å². The molecule has 0 aliphatic carbocycles. The van der Waals surface area contributed by atoms with E-state index in [0.29, 0.717) is 0 Å². The van der Waals surface area contributed by atoms with Crippen molar-refractivity contribution in [3.05, 3.63) is 0 Å². The first-order chi connectivity index (χ1) is 1.73. The molecule has 29 valence electrons. The summed E-state index contributed by atoms with van der Waals surface area (Å²) in [6.45, 7) is 0. The summed E-state index contributed by atoms with van der Waals surface area (Å²) >= 11 is 0. The van der Waals surface area contributed by atoms with Crippen LogP contribution < -0.4 is 39.1 Å². The van der Waals surface area contributed by atoms with Gasteiger partial charge in [-0.1, -0.05) is 0 Å². The minimum Gasteiger partial charge on any atom is -1.00 e. The summed E-state index contributed by atoms with van der Waals surface area (Å²) in [5.74, 6) is 0. The Balaban J connectivity index is -0.00000000750. The third-order valence-corrected chi connectivity index (χ3v) is 0. The second kappa shape index (κ2) is 15.8. The fourth-order valence-electron chi connectivity index (χ4n) is 0. The summed E-state index contributed by atoms with van der Waals surface area (Å²) in [6, 6.07) is 0. The van der Waals surface area contributed by atoms with Crippen molar-refractivity contribution in [2.24, 2.45) is 0 Å². The van der Waals surface area contributed by atoms with E-state index in [1.54, 1.807) is 0 Å². The molecular formula is HAlCaNaO3Si. The Labute approximate surface area is 107 Å². The maximum Gasteiger partial charge on any atom is 2.00 e. The SMILES string of the molecule is O=[Si]([O-])[O-].[Al].[Ca+2].[H-].[Na+]. The predicted molar refractivity (Wildman–Crippen MR) is 19.1 cm³/mol. The standard InChI is InChI=1S/Al.Ca.Na.O3Si.H/c;;;1-4(2)3;/q;+2;+1;-2;-1. The van der Waals surface area contributed by atoms with Crippen LogP contribution in [-0.4, -0.2) is 64.3 Å². The zero-order valence-corrected chi connectivity index (χ0v) is 10.4. The van der Waals surface area contributed by atoms with Gasteiger partial charge >= 0.3 is 67.3 Å². The summed E-state index contributed by atoms with van der Waals surface area (Å²) < 4.78 is 8.52. The third-order valence-electron chi connectivity index (χ3n) is 0. The van der Waals surface area contributed by atoms with Gasteiger partial charge in [0.05, 0.1) is 0 Å². The van der Waals surface area contributed by atoms with Gasteiger partial charge in [0.2, 0.25) is 0 Å². The van der Waals surface area contributed by atoms with Gasteiger partial charge in [0.1, 0.15) is 0 Å². The van der Waals surface area contributed by atoms with Crippen LogP contribution in [0.2, 0.25) is 0 Å². The van der Waals surface area contributed by atoms with E-state index >= 15 is 0 Å². The molecule has 0 fully saturated rings. The fraction of sp³-hybridized carbons (Fsp3) is 0. The van der Waals surface area contributed by atoms with Gasteiger partial charge in [-0.2, -0.15) is 0 Å². The van der Waals surface area contributed by atoms with E-state index in [1.807, 2.05) is 0 Å². The molecule has 0 atom stereocenters. The Morgan fingerprint density at radius 1 is 1.43 bits per heavy atom. The molecule has 0 unspecified atom stereocenters. The molecule has 0 N–H and O–H groups in total. The van der Waals surface area contributed by atoms with Crippen molar-refractivity contribution in [3.63, 3.8) is 0 Å². The molecule has 0 saturated heterocycles. The van der Waals surface area contributed by atoms with Gasteiger partial charge in [-0.3, -0.25) is 0 Å². The predicted octanol–water partition coefficient (Wildman–Crippen LogP) is -6.52. The van der Waals surface area contributed by atoms with E-state index in [0.717, 1.165) is 0 Å². The maximum atomic E-state index is 8.52. The summed E-state index contributed by atoms with van der Waals surface area (Å²) in [5.41, 5.74) is 0. The summed E-state index contributed by atoms with van der Waals surface area (Å²) in [7, 11) is -3.63. The Kier molecular flexibility index (Phi) is 51.3. The molecule has 0 spiro atoms. The number of rotatable bonds is 0. The Hall–Kier alpha value is 2.41. The van der Waals surface area contributed by atoms with Crippen molar-refractivity contribution >= 4 is 64.3 Å². The Morgan fingerprint density at radius 3 is 1.43 bits per heavy atom. The van der Waals surface area contributed by atoms with E-state index < -0.39 is 9.17 Å². The molecule has 0 bridgehead atoms. The first-order valence-corrected chi connectivity index (χ1v) is 1.84. The molecule has 7 heavy (non-hydrogen) atoms. The topological polar surface area (TPSA) is 63.2 Å². The van der Waals surface area contributed by atoms with Crippen molar-refractivity contribution in [2.45, 2.75) is 0 Å². The molecule has 0 aromatic carbocycles. The van der Waals surface area contributed by atoms with Crippen LogP contribution in [0.1, 0.15) is 1.43 Å². The monoisotopic (exact) mass is 167 g/mol. The molecule has 0 rings (SSSR count). The van der Waals surface area contributed by atoms with E-state index in [2.05, 4.69) is 0 Å². The van der Waals surface area contributed by atoms with Crippen molar-refractivity contribution in [3.8, 4) is 0 Å². The zero-order chi connectivity index (χ0) is 3.58. The van der Waals surface area contributed by atoms with Gasteiger partial charge in [-0.05, 0) is 0 Å². The molecular weight excluding hydrogens is 166 g/mol.